The van der Waals surface area contributed by atoms with Crippen molar-refractivity contribution in [1.29, 1.82) is 0 Å². The minimum absolute atomic E-state index is 0.0633. The number of unbranched alkanes of at least 4 members (excludes halogenated alkanes) is 1. The molecule has 2 aliphatic heterocycles. The minimum atomic E-state index is 0.0633. The van der Waals surface area contributed by atoms with Gasteiger partial charge in [-0.15, -0.1) is 0 Å². The first kappa shape index (κ1) is 31.8. The van der Waals surface area contributed by atoms with Crippen molar-refractivity contribution in [3.05, 3.63) is 167 Å². The molecule has 4 nitrogen and oxygen atoms in total. The van der Waals surface area contributed by atoms with Crippen LogP contribution in [0.5, 0.6) is 0 Å². The fourth-order valence-corrected chi connectivity index (χ4v) is 8.08. The van der Waals surface area contributed by atoms with Crippen molar-refractivity contribution in [1.82, 2.24) is 15.6 Å². The molecule has 0 bridgehead atoms. The average Bonchev–Trinajstić information content (AvgIpc) is 3.17. The van der Waals surface area contributed by atoms with Gasteiger partial charge in [-0.25, -0.2) is 4.98 Å². The molecule has 4 atom stereocenters. The Kier molecular flexibility index (Phi) is 8.77. The van der Waals surface area contributed by atoms with Crippen LogP contribution >= 0.6 is 0 Å². The Balaban J connectivity index is 1.06. The van der Waals surface area contributed by atoms with Gasteiger partial charge in [0.2, 0.25) is 0 Å². The lowest BCUT2D eigenvalue weighted by molar-refractivity contribution is 0.324. The molecule has 5 aromatic rings. The maximum atomic E-state index is 5.00. The number of aliphatic imine (C=N–C) groups is 1. The number of aromatic nitrogens is 1. The molecule has 0 spiro atoms. The van der Waals surface area contributed by atoms with Gasteiger partial charge in [0, 0.05) is 28.3 Å². The summed E-state index contributed by atoms with van der Waals surface area (Å²) in [6.45, 7) is 8.62. The molecule has 0 saturated carbocycles. The van der Waals surface area contributed by atoms with Crippen LogP contribution in [0.15, 0.2) is 144 Å². The Labute approximate surface area is 296 Å². The molecule has 3 heterocycles. The summed E-state index contributed by atoms with van der Waals surface area (Å²) in [5.74, 6) is 1.17. The second kappa shape index (κ2) is 13.8. The van der Waals surface area contributed by atoms with Crippen molar-refractivity contribution < 1.29 is 0 Å². The molecule has 0 fully saturated rings. The fourth-order valence-electron chi connectivity index (χ4n) is 8.08. The number of rotatable bonds is 9. The summed E-state index contributed by atoms with van der Waals surface area (Å²) in [6, 6.07) is 37.0. The van der Waals surface area contributed by atoms with Crippen molar-refractivity contribution in [3.8, 4) is 11.3 Å². The third kappa shape index (κ3) is 5.89. The number of fused-ring (bicyclic) bond motifs is 5. The summed E-state index contributed by atoms with van der Waals surface area (Å²) in [5, 5.41) is 8.80. The number of nitrogens with zero attached hydrogens (tertiary/aromatic N) is 2. The Morgan fingerprint density at radius 1 is 0.920 bits per heavy atom. The van der Waals surface area contributed by atoms with Crippen LogP contribution < -0.4 is 10.6 Å². The van der Waals surface area contributed by atoms with E-state index in [1.807, 2.05) is 18.2 Å². The van der Waals surface area contributed by atoms with E-state index in [1.165, 1.54) is 58.4 Å². The molecule has 4 heteroatoms. The lowest BCUT2D eigenvalue weighted by Crippen LogP contribution is -2.44. The van der Waals surface area contributed by atoms with Crippen LogP contribution in [0, 0.1) is 11.8 Å². The van der Waals surface area contributed by atoms with E-state index in [0.29, 0.717) is 17.9 Å². The van der Waals surface area contributed by atoms with Gasteiger partial charge in [0.05, 0.1) is 34.7 Å². The molecule has 4 unspecified atom stereocenters. The molecule has 0 saturated heterocycles. The zero-order chi connectivity index (χ0) is 34.0. The first-order valence-electron chi connectivity index (χ1n) is 18.1. The van der Waals surface area contributed by atoms with E-state index in [4.69, 9.17) is 4.98 Å². The normalized spacial score (nSPS) is 20.8. The summed E-state index contributed by atoms with van der Waals surface area (Å²) in [5.41, 5.74) is 13.9. The minimum Gasteiger partial charge on any atom is -0.382 e. The Hall–Kier alpha value is -5.48. The van der Waals surface area contributed by atoms with Crippen LogP contribution in [0.4, 0.5) is 5.69 Å². The van der Waals surface area contributed by atoms with Gasteiger partial charge in [-0.05, 0) is 65.3 Å². The predicted molar refractivity (Wildman–Crippen MR) is 210 cm³/mol. The maximum absolute atomic E-state index is 5.00. The SMILES string of the molecule is C=Nc1c(/C=C\Cc2cccc(C3NC4=CNC5C(=C4c4ccccc43)C=CC(CCCC)C5C)c2)ccc2ccc(-c3ccccc3)nc12. The summed E-state index contributed by atoms with van der Waals surface area (Å²) >= 11 is 0. The molecular weight excluding hydrogens is 609 g/mol. The summed E-state index contributed by atoms with van der Waals surface area (Å²) in [4.78, 5) is 9.45. The second-order valence-corrected chi connectivity index (χ2v) is 13.9. The highest BCUT2D eigenvalue weighted by Crippen LogP contribution is 2.45. The van der Waals surface area contributed by atoms with E-state index >= 15 is 0 Å². The maximum Gasteiger partial charge on any atom is 0.0971 e. The summed E-state index contributed by atoms with van der Waals surface area (Å²) in [6.07, 6.45) is 16.1. The van der Waals surface area contributed by atoms with Crippen LogP contribution in [0.2, 0.25) is 0 Å². The van der Waals surface area contributed by atoms with Gasteiger partial charge >= 0.3 is 0 Å². The van der Waals surface area contributed by atoms with Gasteiger partial charge in [-0.3, -0.25) is 4.99 Å². The van der Waals surface area contributed by atoms with E-state index in [2.05, 4.69) is 152 Å². The number of benzene rings is 4. The number of dihydropyridines is 1. The number of pyridine rings is 1. The lowest BCUT2D eigenvalue weighted by Gasteiger charge is -2.42. The van der Waals surface area contributed by atoms with Crippen LogP contribution in [0.25, 0.3) is 33.8 Å². The molecular formula is C46H44N4. The molecule has 8 rings (SSSR count). The molecule has 50 heavy (non-hydrogen) atoms. The number of hydrogen-bond donors (Lipinski definition) is 2. The monoisotopic (exact) mass is 652 g/mol. The quantitative estimate of drug-likeness (QED) is 0.156. The summed E-state index contributed by atoms with van der Waals surface area (Å²) in [7, 11) is 0. The first-order valence-corrected chi connectivity index (χ1v) is 18.1. The van der Waals surface area contributed by atoms with Crippen molar-refractivity contribution in [2.24, 2.45) is 16.8 Å². The van der Waals surface area contributed by atoms with E-state index in [0.717, 1.165) is 39.8 Å². The van der Waals surface area contributed by atoms with Crippen molar-refractivity contribution >= 4 is 35.0 Å². The van der Waals surface area contributed by atoms with Crippen LogP contribution in [-0.4, -0.2) is 17.7 Å². The topological polar surface area (TPSA) is 49.3 Å². The molecule has 3 aliphatic rings. The fraction of sp³-hybridized carbons (Fsp3) is 0.217. The largest absolute Gasteiger partial charge is 0.382 e. The number of allylic oxidation sites excluding steroid dienone is 3. The zero-order valence-electron chi connectivity index (χ0n) is 28.9. The predicted octanol–water partition coefficient (Wildman–Crippen LogP) is 10.8. The number of hydrogen-bond acceptors (Lipinski definition) is 4. The highest BCUT2D eigenvalue weighted by molar-refractivity contribution is 5.95. The van der Waals surface area contributed by atoms with Gasteiger partial charge in [-0.2, -0.15) is 0 Å². The van der Waals surface area contributed by atoms with Gasteiger partial charge in [-0.1, -0.05) is 148 Å². The third-order valence-corrected chi connectivity index (χ3v) is 10.8. The summed E-state index contributed by atoms with van der Waals surface area (Å²) < 4.78 is 0. The molecule has 248 valence electrons. The van der Waals surface area contributed by atoms with E-state index in [-0.39, 0.29) is 6.04 Å². The second-order valence-electron chi connectivity index (χ2n) is 13.9. The number of nitrogens with one attached hydrogen (secondary N) is 2. The Morgan fingerprint density at radius 3 is 2.62 bits per heavy atom. The van der Waals surface area contributed by atoms with Gasteiger partial charge in [0.25, 0.3) is 0 Å². The van der Waals surface area contributed by atoms with Gasteiger partial charge in [0.1, 0.15) is 0 Å². The molecule has 0 radical (unpaired) electrons. The van der Waals surface area contributed by atoms with Gasteiger partial charge in [0.15, 0.2) is 0 Å². The Bertz CT molecular complexity index is 2190. The van der Waals surface area contributed by atoms with Crippen LogP contribution in [0.3, 0.4) is 0 Å². The lowest BCUT2D eigenvalue weighted by atomic mass is 9.72. The highest BCUT2D eigenvalue weighted by Gasteiger charge is 2.37. The zero-order valence-corrected chi connectivity index (χ0v) is 28.9. The molecule has 1 aromatic heterocycles. The van der Waals surface area contributed by atoms with Crippen molar-refractivity contribution in [2.45, 2.75) is 51.6 Å². The van der Waals surface area contributed by atoms with Crippen molar-refractivity contribution in [2.75, 3.05) is 0 Å². The Morgan fingerprint density at radius 2 is 1.76 bits per heavy atom. The standard InChI is InChI=1S/C46H44N4/c1-4-5-15-32-24-26-39-42-37-20-9-10-21-38(37)44(50-41(42)29-48-43(39)30(32)2)36-19-12-14-31(28-36)13-11-18-34-22-23-35-25-27-40(33-16-7-6-8-17-33)49-46(35)45(34)47-3/h6-12,14,16-30,32,43-44,48,50H,3-5,13,15H2,1-2H3/b18-11-. The van der Waals surface area contributed by atoms with Crippen molar-refractivity contribution in [3.63, 3.8) is 0 Å². The van der Waals surface area contributed by atoms with Crippen LogP contribution in [0.1, 0.15) is 67.0 Å². The molecule has 0 amide bonds. The highest BCUT2D eigenvalue weighted by atomic mass is 15.0. The third-order valence-electron chi connectivity index (χ3n) is 10.8. The average molecular weight is 653 g/mol. The smallest absolute Gasteiger partial charge is 0.0971 e. The first-order chi connectivity index (χ1) is 24.6. The van der Waals surface area contributed by atoms with Crippen LogP contribution in [-0.2, 0) is 6.42 Å². The van der Waals surface area contributed by atoms with E-state index in [9.17, 15) is 0 Å². The van der Waals surface area contributed by atoms with E-state index in [1.54, 1.807) is 0 Å². The molecule has 4 aromatic carbocycles. The molecule has 1 aliphatic carbocycles. The van der Waals surface area contributed by atoms with E-state index < -0.39 is 0 Å². The van der Waals surface area contributed by atoms with Gasteiger partial charge < -0.3 is 10.6 Å². The molecule has 2 N–H and O–H groups in total.